The molecule has 6 N–H and O–H groups in total. The highest BCUT2D eigenvalue weighted by Gasteiger charge is 2.45. The summed E-state index contributed by atoms with van der Waals surface area (Å²) < 4.78 is 45.6. The predicted molar refractivity (Wildman–Crippen MR) is 78.3 cm³/mol. The lowest BCUT2D eigenvalue weighted by Crippen LogP contribution is -2.59. The van der Waals surface area contributed by atoms with E-state index >= 15 is 0 Å². The van der Waals surface area contributed by atoms with Gasteiger partial charge in [0, 0.05) is 13.0 Å². The lowest BCUT2D eigenvalue weighted by Gasteiger charge is -2.39. The van der Waals surface area contributed by atoms with E-state index < -0.39 is 52.5 Å². The first-order valence-electron chi connectivity index (χ1n) is 7.28. The smallest absolute Gasteiger partial charge is 0.307 e. The Morgan fingerprint density at radius 2 is 1.79 bits per heavy atom. The molecule has 12 heteroatoms. The van der Waals surface area contributed by atoms with Crippen molar-refractivity contribution >= 4 is 16.1 Å². The van der Waals surface area contributed by atoms with Gasteiger partial charge in [-0.25, -0.2) is 0 Å². The number of ether oxygens (including phenoxy) is 3. The summed E-state index contributed by atoms with van der Waals surface area (Å²) >= 11 is 0. The zero-order valence-corrected chi connectivity index (χ0v) is 13.7. The number of carbonyl (C=O) groups is 1. The van der Waals surface area contributed by atoms with Crippen LogP contribution in [0.2, 0.25) is 0 Å². The van der Waals surface area contributed by atoms with E-state index in [2.05, 4.69) is 0 Å². The number of aliphatic hydroxyl groups is 3. The van der Waals surface area contributed by atoms with Crippen molar-refractivity contribution in [3.63, 3.8) is 0 Å². The Kier molecular flexibility index (Phi) is 8.45. The van der Waals surface area contributed by atoms with Gasteiger partial charge in [-0.05, 0) is 0 Å². The van der Waals surface area contributed by atoms with Gasteiger partial charge >= 0.3 is 5.97 Å². The number of hydrogen-bond acceptors (Lipinski definition) is 10. The van der Waals surface area contributed by atoms with Gasteiger partial charge in [0.2, 0.25) is 0 Å². The Bertz CT molecular complexity index is 498. The molecule has 0 saturated carbocycles. The molecule has 5 atom stereocenters. The van der Waals surface area contributed by atoms with Crippen LogP contribution in [-0.4, -0.2) is 90.5 Å². The van der Waals surface area contributed by atoms with Crippen LogP contribution in [0.5, 0.6) is 0 Å². The van der Waals surface area contributed by atoms with E-state index in [0.717, 1.165) is 0 Å². The third-order valence-corrected chi connectivity index (χ3v) is 3.98. The monoisotopic (exact) mass is 373 g/mol. The van der Waals surface area contributed by atoms with Crippen LogP contribution in [0.15, 0.2) is 0 Å². The van der Waals surface area contributed by atoms with Gasteiger partial charge in [0.15, 0.2) is 6.29 Å². The zero-order chi connectivity index (χ0) is 18.3. The summed E-state index contributed by atoms with van der Waals surface area (Å²) in [7, 11) is -4.47. The molecule has 0 aromatic carbocycles. The van der Waals surface area contributed by atoms with Crippen molar-refractivity contribution in [3.8, 4) is 0 Å². The second-order valence-corrected chi connectivity index (χ2v) is 6.74. The molecule has 142 valence electrons. The highest BCUT2D eigenvalue weighted by atomic mass is 32.2. The first-order valence-corrected chi connectivity index (χ1v) is 8.88. The molecule has 0 spiro atoms. The van der Waals surface area contributed by atoms with Crippen LogP contribution in [0, 0.1) is 0 Å². The second-order valence-electron chi connectivity index (χ2n) is 5.25. The first-order chi connectivity index (χ1) is 11.2. The lowest BCUT2D eigenvalue weighted by molar-refractivity contribution is -0.292. The summed E-state index contributed by atoms with van der Waals surface area (Å²) in [4.78, 5) is 11.1. The molecule has 1 rings (SSSR count). The molecule has 11 nitrogen and oxygen atoms in total. The standard InChI is InChI=1S/C12H23NO10S/c13-3-2-8(14)21-4-1-5-22-12-11(17)10(16)9(15)7(23-12)6-24(18,19)20/h7,9-12,15-17H,1-6,13H2,(H,18,19,20)/t7-,9-,10+,11-,12+/m1/s1. The fourth-order valence-corrected chi connectivity index (χ4v) is 2.72. The Morgan fingerprint density at radius 3 is 2.38 bits per heavy atom. The van der Waals surface area contributed by atoms with Crippen LogP contribution in [0.3, 0.4) is 0 Å². The molecule has 0 aromatic heterocycles. The van der Waals surface area contributed by atoms with E-state index in [4.69, 9.17) is 24.5 Å². The fraction of sp³-hybridized carbons (Fsp3) is 0.917. The molecule has 24 heavy (non-hydrogen) atoms. The van der Waals surface area contributed by atoms with Gasteiger partial charge in [0.1, 0.15) is 30.2 Å². The minimum absolute atomic E-state index is 0.0287. The number of nitrogens with two attached hydrogens (primary N) is 1. The van der Waals surface area contributed by atoms with Gasteiger partial charge in [-0.2, -0.15) is 8.42 Å². The van der Waals surface area contributed by atoms with E-state index in [1.165, 1.54) is 0 Å². The molecule has 1 aliphatic heterocycles. The molecule has 0 aliphatic carbocycles. The molecule has 0 amide bonds. The zero-order valence-electron chi connectivity index (χ0n) is 12.9. The number of carbonyl (C=O) groups excluding carboxylic acids is 1. The Hall–Kier alpha value is -0.860. The summed E-state index contributed by atoms with van der Waals surface area (Å²) in [6.07, 6.45) is -7.56. The molecule has 1 fully saturated rings. The van der Waals surface area contributed by atoms with E-state index in [0.29, 0.717) is 0 Å². The topological polar surface area (TPSA) is 186 Å². The van der Waals surface area contributed by atoms with Crippen LogP contribution in [0.4, 0.5) is 0 Å². The summed E-state index contributed by atoms with van der Waals surface area (Å²) in [5.74, 6) is -1.42. The third kappa shape index (κ3) is 6.94. The largest absolute Gasteiger partial charge is 0.466 e. The van der Waals surface area contributed by atoms with Crippen LogP contribution in [0.25, 0.3) is 0 Å². The predicted octanol–water partition coefficient (Wildman–Crippen LogP) is -3.02. The molecule has 0 radical (unpaired) electrons. The maximum absolute atomic E-state index is 11.1. The summed E-state index contributed by atoms with van der Waals surface area (Å²) in [5.41, 5.74) is 5.18. The Balaban J connectivity index is 2.44. The minimum atomic E-state index is -4.47. The lowest BCUT2D eigenvalue weighted by atomic mass is 10.00. The number of rotatable bonds is 9. The number of aliphatic hydroxyl groups excluding tert-OH is 3. The maximum atomic E-state index is 11.1. The molecule has 1 heterocycles. The summed E-state index contributed by atoms with van der Waals surface area (Å²) in [6, 6.07) is 0. The van der Waals surface area contributed by atoms with Crippen molar-refractivity contribution in [1.82, 2.24) is 0 Å². The maximum Gasteiger partial charge on any atom is 0.307 e. The van der Waals surface area contributed by atoms with Gasteiger partial charge < -0.3 is 35.3 Å². The average molecular weight is 373 g/mol. The van der Waals surface area contributed by atoms with Gasteiger partial charge in [-0.15, -0.1) is 0 Å². The molecule has 1 saturated heterocycles. The van der Waals surface area contributed by atoms with E-state index in [1.54, 1.807) is 0 Å². The Morgan fingerprint density at radius 1 is 1.12 bits per heavy atom. The van der Waals surface area contributed by atoms with Gasteiger partial charge in [0.05, 0.1) is 19.6 Å². The van der Waals surface area contributed by atoms with Crippen LogP contribution >= 0.6 is 0 Å². The Labute approximate surface area is 139 Å². The van der Waals surface area contributed by atoms with Crippen molar-refractivity contribution in [2.24, 2.45) is 5.73 Å². The van der Waals surface area contributed by atoms with Crippen molar-refractivity contribution in [3.05, 3.63) is 0 Å². The first kappa shape index (κ1) is 21.2. The third-order valence-electron chi connectivity index (χ3n) is 3.23. The highest BCUT2D eigenvalue weighted by Crippen LogP contribution is 2.23. The molecule has 1 aliphatic rings. The van der Waals surface area contributed by atoms with E-state index in [1.807, 2.05) is 0 Å². The fourth-order valence-electron chi connectivity index (χ4n) is 2.03. The molecule has 0 aromatic rings. The molecule has 0 bridgehead atoms. The summed E-state index contributed by atoms with van der Waals surface area (Å²) in [6.45, 7) is 0.188. The van der Waals surface area contributed by atoms with Crippen LogP contribution in [0.1, 0.15) is 12.8 Å². The number of hydrogen-bond donors (Lipinski definition) is 5. The summed E-state index contributed by atoms with van der Waals surface area (Å²) in [5, 5.41) is 29.1. The second kappa shape index (κ2) is 9.58. The van der Waals surface area contributed by atoms with Crippen LogP contribution < -0.4 is 5.73 Å². The van der Waals surface area contributed by atoms with E-state index in [9.17, 15) is 28.5 Å². The number of esters is 1. The van der Waals surface area contributed by atoms with E-state index in [-0.39, 0.29) is 32.6 Å². The minimum Gasteiger partial charge on any atom is -0.466 e. The highest BCUT2D eigenvalue weighted by molar-refractivity contribution is 7.85. The molecule has 0 unspecified atom stereocenters. The molecular formula is C12H23NO10S. The van der Waals surface area contributed by atoms with Gasteiger partial charge in [-0.3, -0.25) is 9.35 Å². The van der Waals surface area contributed by atoms with Crippen molar-refractivity contribution in [2.75, 3.05) is 25.5 Å². The van der Waals surface area contributed by atoms with Crippen molar-refractivity contribution < 1.29 is 47.3 Å². The van der Waals surface area contributed by atoms with Crippen molar-refractivity contribution in [2.45, 2.75) is 43.5 Å². The van der Waals surface area contributed by atoms with Gasteiger partial charge in [0.25, 0.3) is 10.1 Å². The quantitative estimate of drug-likeness (QED) is 0.157. The normalized spacial score (nSPS) is 31.0. The SMILES string of the molecule is NCCC(=O)OCCCO[C@H]1O[C@H](CS(=O)(=O)O)[C@@H](O)[C@H](O)[C@H]1O. The average Bonchev–Trinajstić information content (AvgIpc) is 2.48. The molecular weight excluding hydrogens is 350 g/mol. The van der Waals surface area contributed by atoms with Crippen LogP contribution in [-0.2, 0) is 29.1 Å². The van der Waals surface area contributed by atoms with Gasteiger partial charge in [-0.1, -0.05) is 0 Å². The van der Waals surface area contributed by atoms with Crippen molar-refractivity contribution in [1.29, 1.82) is 0 Å².